The molecule has 0 amide bonds. The van der Waals surface area contributed by atoms with Crippen molar-refractivity contribution in [3.05, 3.63) is 24.8 Å². The molecule has 0 aromatic rings. The molecule has 6 nitrogen and oxygen atoms in total. The van der Waals surface area contributed by atoms with E-state index < -0.39 is 30.4 Å². The van der Waals surface area contributed by atoms with Gasteiger partial charge in [0, 0.05) is 0 Å². The first kappa shape index (κ1) is 17.6. The van der Waals surface area contributed by atoms with E-state index in [-0.39, 0.29) is 12.7 Å². The normalized spacial score (nSPS) is 34.4. The SMILES string of the molecule is C=CCO[C@@H]1[C@H]2OC(C)(C)O[C@H]2O[C@@H]1[C@@H](CO)OCC(=C)C. The van der Waals surface area contributed by atoms with E-state index in [1.165, 1.54) is 0 Å². The minimum Gasteiger partial charge on any atom is -0.394 e. The van der Waals surface area contributed by atoms with Crippen molar-refractivity contribution < 1.29 is 28.8 Å². The molecular weight excluding hydrogens is 288 g/mol. The molecule has 0 radical (unpaired) electrons. The number of ether oxygens (including phenoxy) is 5. The smallest absolute Gasteiger partial charge is 0.190 e. The second-order valence-electron chi connectivity index (χ2n) is 6.14. The van der Waals surface area contributed by atoms with E-state index in [0.717, 1.165) is 5.57 Å². The summed E-state index contributed by atoms with van der Waals surface area (Å²) in [5.74, 6) is -0.719. The molecule has 0 unspecified atom stereocenters. The molecule has 0 saturated carbocycles. The summed E-state index contributed by atoms with van der Waals surface area (Å²) in [7, 11) is 0. The molecule has 0 aromatic heterocycles. The maximum Gasteiger partial charge on any atom is 0.190 e. The molecule has 0 aliphatic carbocycles. The van der Waals surface area contributed by atoms with Crippen LogP contribution in [-0.2, 0) is 23.7 Å². The van der Waals surface area contributed by atoms with Gasteiger partial charge in [-0.1, -0.05) is 18.2 Å². The van der Waals surface area contributed by atoms with E-state index in [2.05, 4.69) is 13.2 Å². The highest BCUT2D eigenvalue weighted by Gasteiger charge is 2.57. The van der Waals surface area contributed by atoms with Gasteiger partial charge in [-0.3, -0.25) is 0 Å². The van der Waals surface area contributed by atoms with E-state index in [1.54, 1.807) is 6.08 Å². The van der Waals surface area contributed by atoms with Gasteiger partial charge in [-0.05, 0) is 20.8 Å². The molecular formula is C16H26O6. The van der Waals surface area contributed by atoms with Crippen LogP contribution in [0, 0.1) is 0 Å². The van der Waals surface area contributed by atoms with Gasteiger partial charge in [0.1, 0.15) is 24.4 Å². The summed E-state index contributed by atoms with van der Waals surface area (Å²) < 4.78 is 29.0. The number of hydrogen-bond donors (Lipinski definition) is 1. The number of aliphatic hydroxyl groups is 1. The van der Waals surface area contributed by atoms with Crippen molar-refractivity contribution in [2.45, 2.75) is 57.3 Å². The minimum atomic E-state index is -0.719. The van der Waals surface area contributed by atoms with Gasteiger partial charge in [-0.25, -0.2) is 0 Å². The van der Waals surface area contributed by atoms with Gasteiger partial charge in [0.05, 0.1) is 19.8 Å². The van der Waals surface area contributed by atoms with Crippen molar-refractivity contribution in [1.82, 2.24) is 0 Å². The quantitative estimate of drug-likeness (QED) is 0.683. The van der Waals surface area contributed by atoms with E-state index >= 15 is 0 Å². The Morgan fingerprint density at radius 3 is 2.73 bits per heavy atom. The van der Waals surface area contributed by atoms with Crippen molar-refractivity contribution in [2.75, 3.05) is 19.8 Å². The summed E-state index contributed by atoms with van der Waals surface area (Å²) >= 11 is 0. The third-order valence-electron chi connectivity index (χ3n) is 3.52. The van der Waals surface area contributed by atoms with Gasteiger partial charge in [0.15, 0.2) is 12.1 Å². The lowest BCUT2D eigenvalue weighted by atomic mass is 10.1. The van der Waals surface area contributed by atoms with Crippen LogP contribution < -0.4 is 0 Å². The van der Waals surface area contributed by atoms with Gasteiger partial charge >= 0.3 is 0 Å². The zero-order valence-electron chi connectivity index (χ0n) is 13.5. The van der Waals surface area contributed by atoms with Gasteiger partial charge in [-0.15, -0.1) is 6.58 Å². The Morgan fingerprint density at radius 2 is 2.14 bits per heavy atom. The first-order valence-electron chi connectivity index (χ1n) is 7.48. The highest BCUT2D eigenvalue weighted by Crippen LogP contribution is 2.40. The summed E-state index contributed by atoms with van der Waals surface area (Å²) in [6.07, 6.45) is -0.636. The first-order valence-corrected chi connectivity index (χ1v) is 7.48. The topological polar surface area (TPSA) is 66.4 Å². The Balaban J connectivity index is 2.08. The number of fused-ring (bicyclic) bond motifs is 1. The largest absolute Gasteiger partial charge is 0.394 e. The monoisotopic (exact) mass is 314 g/mol. The highest BCUT2D eigenvalue weighted by atomic mass is 16.8. The third-order valence-corrected chi connectivity index (χ3v) is 3.52. The van der Waals surface area contributed by atoms with Crippen LogP contribution in [0.2, 0.25) is 0 Å². The summed E-state index contributed by atoms with van der Waals surface area (Å²) in [6.45, 7) is 13.5. The Kier molecular flexibility index (Phi) is 5.76. The van der Waals surface area contributed by atoms with Gasteiger partial charge in [0.2, 0.25) is 0 Å². The van der Waals surface area contributed by atoms with E-state index in [1.807, 2.05) is 20.8 Å². The minimum absolute atomic E-state index is 0.186. The van der Waals surface area contributed by atoms with Crippen LogP contribution in [0.15, 0.2) is 24.8 Å². The van der Waals surface area contributed by atoms with Crippen LogP contribution in [-0.4, -0.2) is 61.4 Å². The average Bonchev–Trinajstić information content (AvgIpc) is 2.89. The molecule has 1 N–H and O–H groups in total. The molecule has 5 atom stereocenters. The van der Waals surface area contributed by atoms with Crippen molar-refractivity contribution in [1.29, 1.82) is 0 Å². The fourth-order valence-corrected chi connectivity index (χ4v) is 2.67. The highest BCUT2D eigenvalue weighted by molar-refractivity contribution is 4.98. The van der Waals surface area contributed by atoms with Crippen LogP contribution in [0.25, 0.3) is 0 Å². The first-order chi connectivity index (χ1) is 10.4. The van der Waals surface area contributed by atoms with Crippen LogP contribution in [0.1, 0.15) is 20.8 Å². The molecule has 2 aliphatic rings. The maximum atomic E-state index is 9.62. The lowest BCUT2D eigenvalue weighted by Crippen LogP contribution is -2.45. The van der Waals surface area contributed by atoms with Gasteiger partial charge < -0.3 is 28.8 Å². The zero-order valence-corrected chi connectivity index (χ0v) is 13.5. The lowest BCUT2D eigenvalue weighted by Gasteiger charge is -2.30. The van der Waals surface area contributed by atoms with E-state index in [4.69, 9.17) is 23.7 Å². The van der Waals surface area contributed by atoms with Crippen LogP contribution in [0.3, 0.4) is 0 Å². The molecule has 0 aromatic carbocycles. The van der Waals surface area contributed by atoms with Crippen molar-refractivity contribution in [3.63, 3.8) is 0 Å². The predicted molar refractivity (Wildman–Crippen MR) is 80.3 cm³/mol. The Hall–Kier alpha value is -0.760. The lowest BCUT2D eigenvalue weighted by molar-refractivity contribution is -0.233. The third kappa shape index (κ3) is 3.95. The summed E-state index contributed by atoms with van der Waals surface area (Å²) in [5.41, 5.74) is 0.869. The predicted octanol–water partition coefficient (Wildman–Crippen LogP) is 1.39. The van der Waals surface area contributed by atoms with Gasteiger partial charge in [0.25, 0.3) is 0 Å². The fourth-order valence-electron chi connectivity index (χ4n) is 2.67. The maximum absolute atomic E-state index is 9.62. The summed E-state index contributed by atoms with van der Waals surface area (Å²) in [6, 6.07) is 0. The van der Waals surface area contributed by atoms with Crippen LogP contribution in [0.5, 0.6) is 0 Å². The number of aliphatic hydroxyl groups excluding tert-OH is 1. The summed E-state index contributed by atoms with van der Waals surface area (Å²) in [5, 5.41) is 9.62. The van der Waals surface area contributed by atoms with Gasteiger partial charge in [-0.2, -0.15) is 0 Å². The molecule has 2 saturated heterocycles. The van der Waals surface area contributed by atoms with E-state index in [9.17, 15) is 5.11 Å². The van der Waals surface area contributed by atoms with E-state index in [0.29, 0.717) is 13.2 Å². The van der Waals surface area contributed by atoms with Crippen molar-refractivity contribution in [3.8, 4) is 0 Å². The molecule has 6 heteroatoms. The Morgan fingerprint density at radius 1 is 1.41 bits per heavy atom. The van der Waals surface area contributed by atoms with Crippen molar-refractivity contribution in [2.24, 2.45) is 0 Å². The fraction of sp³-hybridized carbons (Fsp3) is 0.750. The molecule has 2 heterocycles. The van der Waals surface area contributed by atoms with Crippen LogP contribution in [0.4, 0.5) is 0 Å². The van der Waals surface area contributed by atoms with Crippen molar-refractivity contribution >= 4 is 0 Å². The molecule has 22 heavy (non-hydrogen) atoms. The second kappa shape index (κ2) is 7.21. The Bertz CT molecular complexity index is 407. The molecule has 0 spiro atoms. The average molecular weight is 314 g/mol. The van der Waals surface area contributed by atoms with Crippen LogP contribution >= 0.6 is 0 Å². The molecule has 0 bridgehead atoms. The molecule has 2 fully saturated rings. The molecule has 126 valence electrons. The number of rotatable bonds is 8. The zero-order chi connectivity index (χ0) is 16.3. The molecule has 2 rings (SSSR count). The summed E-state index contributed by atoms with van der Waals surface area (Å²) in [4.78, 5) is 0. The number of hydrogen-bond acceptors (Lipinski definition) is 6. The second-order valence-corrected chi connectivity index (χ2v) is 6.14. The Labute approximate surface area is 131 Å². The molecule has 2 aliphatic heterocycles. The standard InChI is InChI=1S/C16H26O6/c1-6-7-18-13-12(11(8-17)19-9-10(2)3)20-15-14(13)21-16(4,5)22-15/h6,11-15,17H,1-2,7-9H2,3-5H3/t11-,12-,13+,14-,15-/m1/s1.